The smallest absolute Gasteiger partial charge is 0.262 e. The molecule has 2 aromatic rings. The highest BCUT2D eigenvalue weighted by atomic mass is 16.5. The lowest BCUT2D eigenvalue weighted by Gasteiger charge is -2.09. The lowest BCUT2D eigenvalue weighted by Crippen LogP contribution is -2.14. The summed E-state index contributed by atoms with van der Waals surface area (Å²) >= 11 is 0. The molecule has 0 amide bonds. The van der Waals surface area contributed by atoms with Crippen molar-refractivity contribution in [1.82, 2.24) is 4.57 Å². The number of rotatable bonds is 6. The van der Waals surface area contributed by atoms with E-state index in [-0.39, 0.29) is 17.8 Å². The fraction of sp³-hybridized carbons (Fsp3) is 0.261. The highest BCUT2D eigenvalue weighted by Gasteiger charge is 2.18. The summed E-state index contributed by atoms with van der Waals surface area (Å²) in [5.74, 6) is 0.0245. The second kappa shape index (κ2) is 8.23. The minimum absolute atomic E-state index is 0.0838. The van der Waals surface area contributed by atoms with Crippen molar-refractivity contribution in [1.29, 1.82) is 0 Å². The first kappa shape index (κ1) is 18.9. The standard InChI is InChI=1S/C23H25NO3/c1-4-13-27-20-9-5-7-18(11-12-20)23(26)24-16(2)14-21-19(15-17(3)25)8-6-10-22(21)24/h5-12,14,20,25H,3-4,13,15H2,1-2H3. The maximum absolute atomic E-state index is 13.2. The molecule has 1 aromatic carbocycles. The Morgan fingerprint density at radius 2 is 2.15 bits per heavy atom. The Bertz CT molecular complexity index is 959. The van der Waals surface area contributed by atoms with Crippen molar-refractivity contribution in [3.05, 3.63) is 83.8 Å². The van der Waals surface area contributed by atoms with Gasteiger partial charge in [-0.25, -0.2) is 0 Å². The Morgan fingerprint density at radius 3 is 2.89 bits per heavy atom. The molecule has 1 aliphatic carbocycles. The lowest BCUT2D eigenvalue weighted by atomic mass is 10.1. The molecule has 1 unspecified atom stereocenters. The van der Waals surface area contributed by atoms with Crippen LogP contribution in [0.4, 0.5) is 0 Å². The van der Waals surface area contributed by atoms with E-state index in [1.165, 1.54) is 0 Å². The van der Waals surface area contributed by atoms with Crippen LogP contribution in [-0.2, 0) is 11.2 Å². The van der Waals surface area contributed by atoms with Crippen LogP contribution in [0.25, 0.3) is 10.9 Å². The number of aryl methyl sites for hydroxylation is 1. The van der Waals surface area contributed by atoms with Gasteiger partial charge in [0.15, 0.2) is 0 Å². The largest absolute Gasteiger partial charge is 0.513 e. The summed E-state index contributed by atoms with van der Waals surface area (Å²) in [6, 6.07) is 7.75. The average molecular weight is 363 g/mol. The van der Waals surface area contributed by atoms with Crippen LogP contribution in [0.5, 0.6) is 0 Å². The average Bonchev–Trinajstić information content (AvgIpc) is 2.81. The number of allylic oxidation sites excluding steroid dienone is 5. The van der Waals surface area contributed by atoms with Gasteiger partial charge in [-0.1, -0.05) is 49.9 Å². The third-order valence-electron chi connectivity index (χ3n) is 4.52. The molecule has 140 valence electrons. The van der Waals surface area contributed by atoms with Crippen molar-refractivity contribution < 1.29 is 14.6 Å². The SMILES string of the molecule is C=C(O)Cc1cccc2c1cc(C)n2C(=O)C1=CC=CC(OCCC)C=C1. The summed E-state index contributed by atoms with van der Waals surface area (Å²) in [5, 5.41) is 10.5. The molecule has 0 aliphatic heterocycles. The summed E-state index contributed by atoms with van der Waals surface area (Å²) in [5.41, 5.74) is 3.24. The number of benzene rings is 1. The van der Waals surface area contributed by atoms with Crippen molar-refractivity contribution in [2.24, 2.45) is 0 Å². The second-order valence-corrected chi connectivity index (χ2v) is 6.72. The molecule has 3 rings (SSSR count). The van der Waals surface area contributed by atoms with Gasteiger partial charge in [-0.2, -0.15) is 0 Å². The molecule has 0 saturated carbocycles. The van der Waals surface area contributed by atoms with Crippen LogP contribution in [0.1, 0.15) is 29.4 Å². The molecule has 1 heterocycles. The summed E-state index contributed by atoms with van der Waals surface area (Å²) in [6.45, 7) is 8.24. The number of carbonyl (C=O) groups excluding carboxylic acids is 1. The molecule has 1 atom stereocenters. The van der Waals surface area contributed by atoms with E-state index in [9.17, 15) is 9.90 Å². The van der Waals surface area contributed by atoms with E-state index in [1.807, 2.05) is 61.6 Å². The van der Waals surface area contributed by atoms with Crippen molar-refractivity contribution in [2.45, 2.75) is 32.8 Å². The number of aliphatic hydroxyl groups excluding tert-OH is 1. The molecule has 0 fully saturated rings. The number of aromatic nitrogens is 1. The van der Waals surface area contributed by atoms with Gasteiger partial charge in [0, 0.05) is 29.7 Å². The topological polar surface area (TPSA) is 51.5 Å². The zero-order valence-electron chi connectivity index (χ0n) is 15.8. The molecule has 0 radical (unpaired) electrons. The predicted octanol–water partition coefficient (Wildman–Crippen LogP) is 5.05. The van der Waals surface area contributed by atoms with E-state index < -0.39 is 0 Å². The van der Waals surface area contributed by atoms with Gasteiger partial charge in [-0.15, -0.1) is 0 Å². The maximum atomic E-state index is 13.2. The number of carbonyl (C=O) groups is 1. The van der Waals surface area contributed by atoms with Crippen LogP contribution in [0, 0.1) is 6.92 Å². The van der Waals surface area contributed by atoms with E-state index in [0.717, 1.165) is 28.6 Å². The number of aliphatic hydroxyl groups is 1. The number of fused-ring (bicyclic) bond motifs is 1. The van der Waals surface area contributed by atoms with Gasteiger partial charge in [0.25, 0.3) is 5.91 Å². The van der Waals surface area contributed by atoms with Gasteiger partial charge in [0.05, 0.1) is 17.4 Å². The summed E-state index contributed by atoms with van der Waals surface area (Å²) in [7, 11) is 0. The fourth-order valence-corrected chi connectivity index (χ4v) is 3.29. The van der Waals surface area contributed by atoms with Crippen LogP contribution >= 0.6 is 0 Å². The highest BCUT2D eigenvalue weighted by molar-refractivity contribution is 6.05. The van der Waals surface area contributed by atoms with Gasteiger partial charge in [0.1, 0.15) is 0 Å². The van der Waals surface area contributed by atoms with Crippen LogP contribution in [0.2, 0.25) is 0 Å². The number of ether oxygens (including phenoxy) is 1. The van der Waals surface area contributed by atoms with Crippen LogP contribution in [0.15, 0.2) is 72.6 Å². The van der Waals surface area contributed by atoms with Crippen molar-refractivity contribution >= 4 is 16.8 Å². The minimum Gasteiger partial charge on any atom is -0.513 e. The van der Waals surface area contributed by atoms with Crippen molar-refractivity contribution in [3.8, 4) is 0 Å². The van der Waals surface area contributed by atoms with Crippen LogP contribution in [-0.4, -0.2) is 28.3 Å². The van der Waals surface area contributed by atoms with Gasteiger partial charge in [0.2, 0.25) is 0 Å². The molecule has 27 heavy (non-hydrogen) atoms. The van der Waals surface area contributed by atoms with Gasteiger partial charge in [-0.05, 0) is 37.1 Å². The Kier molecular flexibility index (Phi) is 5.77. The Balaban J connectivity index is 1.95. The van der Waals surface area contributed by atoms with E-state index in [2.05, 4.69) is 13.5 Å². The molecule has 4 nitrogen and oxygen atoms in total. The Morgan fingerprint density at radius 1 is 1.33 bits per heavy atom. The molecular weight excluding hydrogens is 338 g/mol. The lowest BCUT2D eigenvalue weighted by molar-refractivity contribution is 0.0962. The summed E-state index contributed by atoms with van der Waals surface area (Å²) in [4.78, 5) is 13.2. The van der Waals surface area contributed by atoms with E-state index in [0.29, 0.717) is 18.6 Å². The Hall–Kier alpha value is -2.85. The van der Waals surface area contributed by atoms with Gasteiger partial charge >= 0.3 is 0 Å². The van der Waals surface area contributed by atoms with Crippen LogP contribution in [0.3, 0.4) is 0 Å². The number of hydrogen-bond donors (Lipinski definition) is 1. The quantitative estimate of drug-likeness (QED) is 0.731. The Labute approximate surface area is 159 Å². The number of nitrogens with zero attached hydrogens (tertiary/aromatic N) is 1. The first-order chi connectivity index (χ1) is 13.0. The molecule has 4 heteroatoms. The molecule has 0 spiro atoms. The van der Waals surface area contributed by atoms with E-state index in [4.69, 9.17) is 4.74 Å². The molecule has 1 aromatic heterocycles. The molecule has 1 aliphatic rings. The summed E-state index contributed by atoms with van der Waals surface area (Å²) in [6.07, 6.45) is 10.6. The zero-order valence-corrected chi connectivity index (χ0v) is 15.8. The van der Waals surface area contributed by atoms with Gasteiger partial charge < -0.3 is 9.84 Å². The minimum atomic E-state index is -0.115. The molecule has 1 N–H and O–H groups in total. The fourth-order valence-electron chi connectivity index (χ4n) is 3.29. The molecular formula is C23H25NO3. The monoisotopic (exact) mass is 363 g/mol. The number of hydrogen-bond acceptors (Lipinski definition) is 3. The zero-order chi connectivity index (χ0) is 19.4. The normalized spacial score (nSPS) is 16.4. The van der Waals surface area contributed by atoms with E-state index in [1.54, 1.807) is 4.57 Å². The first-order valence-electron chi connectivity index (χ1n) is 9.21. The van der Waals surface area contributed by atoms with Gasteiger partial charge in [-0.3, -0.25) is 9.36 Å². The third kappa shape index (κ3) is 4.12. The third-order valence-corrected chi connectivity index (χ3v) is 4.52. The van der Waals surface area contributed by atoms with Crippen molar-refractivity contribution in [2.75, 3.05) is 6.61 Å². The molecule has 0 bridgehead atoms. The predicted molar refractivity (Wildman–Crippen MR) is 109 cm³/mol. The second-order valence-electron chi connectivity index (χ2n) is 6.72. The molecule has 0 saturated heterocycles. The van der Waals surface area contributed by atoms with Crippen molar-refractivity contribution in [3.63, 3.8) is 0 Å². The highest BCUT2D eigenvalue weighted by Crippen LogP contribution is 2.26. The van der Waals surface area contributed by atoms with E-state index >= 15 is 0 Å². The first-order valence-corrected chi connectivity index (χ1v) is 9.21. The van der Waals surface area contributed by atoms with Crippen LogP contribution < -0.4 is 0 Å². The maximum Gasteiger partial charge on any atom is 0.262 e. The summed E-state index contributed by atoms with van der Waals surface area (Å²) < 4.78 is 7.44.